The lowest BCUT2D eigenvalue weighted by atomic mass is 9.89. The average molecular weight is 264 g/mol. The highest BCUT2D eigenvalue weighted by Gasteiger charge is 2.44. The van der Waals surface area contributed by atoms with Crippen molar-refractivity contribution < 1.29 is 9.59 Å². The molecule has 19 heavy (non-hydrogen) atoms. The molecule has 0 spiro atoms. The van der Waals surface area contributed by atoms with E-state index in [1.165, 1.54) is 4.90 Å². The minimum atomic E-state index is -0.774. The summed E-state index contributed by atoms with van der Waals surface area (Å²) in [7, 11) is 0. The summed E-state index contributed by atoms with van der Waals surface area (Å²) in [6.07, 6.45) is 4.61. The molecule has 1 N–H and O–H groups in total. The smallest absolute Gasteiger partial charge is 0.253 e. The molecular weight excluding hydrogens is 244 g/mol. The number of hydrogen-bond acceptors (Lipinski definition) is 3. The maximum absolute atomic E-state index is 12.6. The molecule has 0 saturated carbocycles. The second-order valence-electron chi connectivity index (χ2n) is 4.78. The lowest BCUT2D eigenvalue weighted by molar-refractivity contribution is -0.136. The van der Waals surface area contributed by atoms with Gasteiger partial charge in [-0.25, -0.2) is 0 Å². The summed E-state index contributed by atoms with van der Waals surface area (Å²) in [5.41, 5.74) is -0.0862. The number of aryl methyl sites for hydroxylation is 1. The fourth-order valence-electron chi connectivity index (χ4n) is 2.44. The van der Waals surface area contributed by atoms with Crippen LogP contribution in [-0.2, 0) is 16.1 Å². The number of amides is 2. The summed E-state index contributed by atoms with van der Waals surface area (Å²) in [6.45, 7) is 6.61. The number of piperazine rings is 1. The summed E-state index contributed by atoms with van der Waals surface area (Å²) in [5.74, 6) is -0.166. The van der Waals surface area contributed by atoms with Crippen LogP contribution in [0.15, 0.2) is 12.4 Å². The molecule has 6 nitrogen and oxygen atoms in total. The van der Waals surface area contributed by atoms with Gasteiger partial charge in [-0.3, -0.25) is 19.2 Å². The molecule has 6 heteroatoms. The zero-order valence-corrected chi connectivity index (χ0v) is 11.6. The van der Waals surface area contributed by atoms with Crippen LogP contribution in [0.4, 0.5) is 5.69 Å². The highest BCUT2D eigenvalue weighted by atomic mass is 16.2. The van der Waals surface area contributed by atoms with Gasteiger partial charge in [0.25, 0.3) is 5.91 Å². The number of anilines is 1. The number of carbonyl (C=O) groups excluding carboxylic acids is 2. The van der Waals surface area contributed by atoms with Crippen LogP contribution >= 0.6 is 0 Å². The van der Waals surface area contributed by atoms with E-state index < -0.39 is 5.54 Å². The predicted octanol–water partition coefficient (Wildman–Crippen LogP) is 0.925. The van der Waals surface area contributed by atoms with Crippen LogP contribution in [0, 0.1) is 0 Å². The van der Waals surface area contributed by atoms with Gasteiger partial charge >= 0.3 is 0 Å². The highest BCUT2D eigenvalue weighted by Crippen LogP contribution is 2.26. The number of carbonyl (C=O) groups is 2. The minimum Gasteiger partial charge on any atom is -0.340 e. The van der Waals surface area contributed by atoms with Crippen molar-refractivity contribution in [1.29, 1.82) is 0 Å². The van der Waals surface area contributed by atoms with Gasteiger partial charge in [0, 0.05) is 12.7 Å². The van der Waals surface area contributed by atoms with E-state index >= 15 is 0 Å². The van der Waals surface area contributed by atoms with Crippen LogP contribution < -0.4 is 10.2 Å². The van der Waals surface area contributed by atoms with Gasteiger partial charge in [-0.15, -0.1) is 0 Å². The number of hydrogen-bond donors (Lipinski definition) is 1. The molecule has 1 fully saturated rings. The third-order valence-corrected chi connectivity index (χ3v) is 3.80. The lowest BCUT2D eigenvalue weighted by Gasteiger charge is -2.40. The fraction of sp³-hybridized carbons (Fsp3) is 0.615. The first-order valence-electron chi connectivity index (χ1n) is 6.71. The number of nitrogens with zero attached hydrogens (tertiary/aromatic N) is 3. The summed E-state index contributed by atoms with van der Waals surface area (Å²) in [4.78, 5) is 26.0. The Morgan fingerprint density at radius 3 is 2.53 bits per heavy atom. The zero-order valence-electron chi connectivity index (χ0n) is 11.6. The molecular formula is C13H20N4O2. The maximum atomic E-state index is 12.6. The predicted molar refractivity (Wildman–Crippen MR) is 71.7 cm³/mol. The molecule has 1 aromatic heterocycles. The van der Waals surface area contributed by atoms with E-state index in [0.29, 0.717) is 18.5 Å². The first-order valence-corrected chi connectivity index (χ1v) is 6.71. The Balaban J connectivity index is 2.34. The van der Waals surface area contributed by atoms with Crippen molar-refractivity contribution >= 4 is 17.5 Å². The Labute approximate surface area is 112 Å². The van der Waals surface area contributed by atoms with Crippen LogP contribution in [0.5, 0.6) is 0 Å². The molecule has 2 amide bonds. The van der Waals surface area contributed by atoms with E-state index in [0.717, 1.165) is 6.54 Å². The van der Waals surface area contributed by atoms with Crippen molar-refractivity contribution in [2.45, 2.75) is 45.7 Å². The molecule has 2 rings (SSSR count). The lowest BCUT2D eigenvalue weighted by Crippen LogP contribution is -2.66. The average Bonchev–Trinajstić information content (AvgIpc) is 2.89. The van der Waals surface area contributed by atoms with Crippen molar-refractivity contribution in [3.05, 3.63) is 12.4 Å². The summed E-state index contributed by atoms with van der Waals surface area (Å²) in [6, 6.07) is 0. The standard InChI is InChI=1S/C13H20N4O2/c1-4-13(5-2)12(19)17(9-11(18)15-13)10-7-14-16(6-3)8-10/h7-8H,4-6,9H2,1-3H3,(H,15,18). The normalized spacial score (nSPS) is 18.6. The molecule has 1 saturated heterocycles. The molecule has 1 aliphatic heterocycles. The first kappa shape index (κ1) is 13.6. The largest absolute Gasteiger partial charge is 0.340 e. The van der Waals surface area contributed by atoms with Gasteiger partial charge in [-0.2, -0.15) is 5.10 Å². The van der Waals surface area contributed by atoms with Crippen molar-refractivity contribution in [1.82, 2.24) is 15.1 Å². The molecule has 0 unspecified atom stereocenters. The quantitative estimate of drug-likeness (QED) is 0.879. The van der Waals surface area contributed by atoms with E-state index in [-0.39, 0.29) is 18.4 Å². The molecule has 0 aromatic carbocycles. The fourth-order valence-corrected chi connectivity index (χ4v) is 2.44. The van der Waals surface area contributed by atoms with Crippen molar-refractivity contribution in [2.24, 2.45) is 0 Å². The molecule has 2 heterocycles. The monoisotopic (exact) mass is 264 g/mol. The second-order valence-corrected chi connectivity index (χ2v) is 4.78. The number of aromatic nitrogens is 2. The first-order chi connectivity index (χ1) is 9.06. The summed E-state index contributed by atoms with van der Waals surface area (Å²) < 4.78 is 1.74. The third kappa shape index (κ3) is 2.22. The summed E-state index contributed by atoms with van der Waals surface area (Å²) in [5, 5.41) is 7.00. The molecule has 1 aliphatic rings. The van der Waals surface area contributed by atoms with Gasteiger partial charge < -0.3 is 5.32 Å². The minimum absolute atomic E-state index is 0.0484. The Morgan fingerprint density at radius 1 is 1.32 bits per heavy atom. The van der Waals surface area contributed by atoms with Gasteiger partial charge in [0.05, 0.1) is 11.9 Å². The van der Waals surface area contributed by atoms with Gasteiger partial charge in [0.1, 0.15) is 12.1 Å². The molecule has 0 bridgehead atoms. The third-order valence-electron chi connectivity index (χ3n) is 3.80. The van der Waals surface area contributed by atoms with Crippen LogP contribution in [-0.4, -0.2) is 33.7 Å². The molecule has 0 atom stereocenters. The molecule has 0 aliphatic carbocycles. The van der Waals surface area contributed by atoms with Crippen LogP contribution in [0.1, 0.15) is 33.6 Å². The van der Waals surface area contributed by atoms with Crippen LogP contribution in [0.3, 0.4) is 0 Å². The van der Waals surface area contributed by atoms with E-state index in [9.17, 15) is 9.59 Å². The Hall–Kier alpha value is -1.85. The van der Waals surface area contributed by atoms with Gasteiger partial charge in [-0.1, -0.05) is 13.8 Å². The van der Waals surface area contributed by atoms with Crippen LogP contribution in [0.2, 0.25) is 0 Å². The second kappa shape index (κ2) is 5.03. The van der Waals surface area contributed by atoms with Crippen molar-refractivity contribution in [3.63, 3.8) is 0 Å². The Kier molecular flexibility index (Phi) is 3.59. The maximum Gasteiger partial charge on any atom is 0.253 e. The van der Waals surface area contributed by atoms with E-state index in [2.05, 4.69) is 10.4 Å². The van der Waals surface area contributed by atoms with Crippen molar-refractivity contribution in [2.75, 3.05) is 11.4 Å². The van der Waals surface area contributed by atoms with Gasteiger partial charge in [0.15, 0.2) is 0 Å². The topological polar surface area (TPSA) is 67.2 Å². The number of nitrogens with one attached hydrogen (secondary N) is 1. The van der Waals surface area contributed by atoms with E-state index in [1.807, 2.05) is 20.8 Å². The summed E-state index contributed by atoms with van der Waals surface area (Å²) >= 11 is 0. The Morgan fingerprint density at radius 2 is 2.00 bits per heavy atom. The molecule has 1 aromatic rings. The molecule has 0 radical (unpaired) electrons. The highest BCUT2D eigenvalue weighted by molar-refractivity contribution is 6.09. The number of rotatable bonds is 4. The van der Waals surface area contributed by atoms with Gasteiger partial charge in [0.2, 0.25) is 5.91 Å². The molecule has 104 valence electrons. The van der Waals surface area contributed by atoms with Crippen molar-refractivity contribution in [3.8, 4) is 0 Å². The Bertz CT molecular complexity index is 491. The van der Waals surface area contributed by atoms with Crippen LogP contribution in [0.25, 0.3) is 0 Å². The van der Waals surface area contributed by atoms with Gasteiger partial charge in [-0.05, 0) is 19.8 Å². The van der Waals surface area contributed by atoms with E-state index in [1.54, 1.807) is 17.1 Å². The SMILES string of the molecule is CCn1cc(N2CC(=O)NC(CC)(CC)C2=O)cn1. The zero-order chi connectivity index (χ0) is 14.0. The van der Waals surface area contributed by atoms with E-state index in [4.69, 9.17) is 0 Å².